The van der Waals surface area contributed by atoms with Gasteiger partial charge in [-0.15, -0.1) is 0 Å². The standard InChI is InChI=1S/C15H16N4/c1-11(16)15(12-6-8-17-9-7-12)19-10-18-13-4-2-3-5-14(13)19/h2-11,15H,16H2,1H3. The molecule has 0 bridgehead atoms. The molecule has 0 saturated heterocycles. The Morgan fingerprint density at radius 3 is 2.58 bits per heavy atom. The molecular weight excluding hydrogens is 236 g/mol. The lowest BCUT2D eigenvalue weighted by Crippen LogP contribution is -2.29. The summed E-state index contributed by atoms with van der Waals surface area (Å²) < 4.78 is 2.13. The van der Waals surface area contributed by atoms with Gasteiger partial charge in [-0.1, -0.05) is 12.1 Å². The maximum atomic E-state index is 6.18. The van der Waals surface area contributed by atoms with E-state index >= 15 is 0 Å². The van der Waals surface area contributed by atoms with Crippen molar-refractivity contribution >= 4 is 11.0 Å². The summed E-state index contributed by atoms with van der Waals surface area (Å²) in [6.07, 6.45) is 5.45. The van der Waals surface area contributed by atoms with Gasteiger partial charge in [0.2, 0.25) is 0 Å². The number of hydrogen-bond acceptors (Lipinski definition) is 3. The fourth-order valence-corrected chi connectivity index (χ4v) is 2.48. The van der Waals surface area contributed by atoms with Crippen LogP contribution in [0.1, 0.15) is 18.5 Å². The number of benzene rings is 1. The second-order valence-corrected chi connectivity index (χ2v) is 4.73. The smallest absolute Gasteiger partial charge is 0.0964 e. The Kier molecular flexibility index (Phi) is 3.01. The average molecular weight is 252 g/mol. The average Bonchev–Trinajstić information content (AvgIpc) is 2.84. The summed E-state index contributed by atoms with van der Waals surface area (Å²) in [6.45, 7) is 2.01. The highest BCUT2D eigenvalue weighted by Crippen LogP contribution is 2.25. The van der Waals surface area contributed by atoms with Gasteiger partial charge in [0.1, 0.15) is 0 Å². The van der Waals surface area contributed by atoms with E-state index in [0.29, 0.717) is 0 Å². The maximum Gasteiger partial charge on any atom is 0.0964 e. The second-order valence-electron chi connectivity index (χ2n) is 4.73. The summed E-state index contributed by atoms with van der Waals surface area (Å²) in [6, 6.07) is 12.1. The third-order valence-electron chi connectivity index (χ3n) is 3.33. The molecule has 96 valence electrons. The van der Waals surface area contributed by atoms with Gasteiger partial charge in [0.25, 0.3) is 0 Å². The van der Waals surface area contributed by atoms with E-state index in [-0.39, 0.29) is 12.1 Å². The van der Waals surface area contributed by atoms with Crippen LogP contribution in [0.15, 0.2) is 55.1 Å². The highest BCUT2D eigenvalue weighted by Gasteiger charge is 2.19. The molecule has 0 amide bonds. The molecule has 3 rings (SSSR count). The molecule has 2 atom stereocenters. The number of para-hydroxylation sites is 2. The molecule has 0 radical (unpaired) electrons. The fraction of sp³-hybridized carbons (Fsp3) is 0.200. The molecule has 2 heterocycles. The van der Waals surface area contributed by atoms with Gasteiger partial charge in [0, 0.05) is 18.4 Å². The maximum absolute atomic E-state index is 6.18. The molecule has 0 spiro atoms. The van der Waals surface area contributed by atoms with Crippen LogP contribution in [-0.4, -0.2) is 20.6 Å². The molecule has 0 fully saturated rings. The molecule has 0 saturated carbocycles. The van der Waals surface area contributed by atoms with Crippen molar-refractivity contribution in [3.8, 4) is 0 Å². The summed E-state index contributed by atoms with van der Waals surface area (Å²) >= 11 is 0. The van der Waals surface area contributed by atoms with Gasteiger partial charge in [-0.05, 0) is 36.8 Å². The number of rotatable bonds is 3. The minimum absolute atomic E-state index is 0.0139. The van der Waals surface area contributed by atoms with E-state index in [9.17, 15) is 0 Å². The Bertz CT molecular complexity index is 673. The van der Waals surface area contributed by atoms with Gasteiger partial charge in [-0.25, -0.2) is 4.98 Å². The number of hydrogen-bond donors (Lipinski definition) is 1. The molecule has 0 aliphatic rings. The van der Waals surface area contributed by atoms with Crippen LogP contribution >= 0.6 is 0 Å². The summed E-state index contributed by atoms with van der Waals surface area (Å²) in [5.74, 6) is 0. The van der Waals surface area contributed by atoms with E-state index in [2.05, 4.69) is 20.6 Å². The van der Waals surface area contributed by atoms with Crippen LogP contribution in [-0.2, 0) is 0 Å². The Morgan fingerprint density at radius 1 is 1.11 bits per heavy atom. The first kappa shape index (κ1) is 11.9. The highest BCUT2D eigenvalue weighted by molar-refractivity contribution is 5.75. The molecule has 19 heavy (non-hydrogen) atoms. The number of pyridine rings is 1. The first-order valence-electron chi connectivity index (χ1n) is 6.34. The van der Waals surface area contributed by atoms with Crippen molar-refractivity contribution in [2.75, 3.05) is 0 Å². The van der Waals surface area contributed by atoms with Crippen molar-refractivity contribution in [1.82, 2.24) is 14.5 Å². The molecule has 2 aromatic heterocycles. The first-order valence-corrected chi connectivity index (χ1v) is 6.34. The van der Waals surface area contributed by atoms with Crippen LogP contribution in [0.25, 0.3) is 11.0 Å². The van der Waals surface area contributed by atoms with Gasteiger partial charge < -0.3 is 10.3 Å². The van der Waals surface area contributed by atoms with E-state index in [1.165, 1.54) is 0 Å². The van der Waals surface area contributed by atoms with E-state index in [1.807, 2.05) is 43.6 Å². The number of nitrogens with zero attached hydrogens (tertiary/aromatic N) is 3. The second kappa shape index (κ2) is 4.82. The molecule has 0 aliphatic carbocycles. The van der Waals surface area contributed by atoms with Crippen LogP contribution in [0, 0.1) is 0 Å². The third-order valence-corrected chi connectivity index (χ3v) is 3.33. The normalized spacial score (nSPS) is 14.4. The molecule has 0 aliphatic heterocycles. The predicted octanol–water partition coefficient (Wildman–Crippen LogP) is 2.37. The molecule has 4 nitrogen and oxygen atoms in total. The molecular formula is C15H16N4. The summed E-state index contributed by atoms with van der Waals surface area (Å²) in [7, 11) is 0. The lowest BCUT2D eigenvalue weighted by Gasteiger charge is -2.23. The van der Waals surface area contributed by atoms with Gasteiger partial charge in [-0.3, -0.25) is 4.98 Å². The third kappa shape index (κ3) is 2.11. The number of imidazole rings is 1. The Hall–Kier alpha value is -2.20. The summed E-state index contributed by atoms with van der Waals surface area (Å²) in [4.78, 5) is 8.50. The zero-order valence-electron chi connectivity index (χ0n) is 10.8. The zero-order valence-corrected chi connectivity index (χ0v) is 10.8. The first-order chi connectivity index (χ1) is 9.27. The van der Waals surface area contributed by atoms with E-state index < -0.39 is 0 Å². The van der Waals surface area contributed by atoms with Crippen molar-refractivity contribution in [3.05, 3.63) is 60.7 Å². The number of fused-ring (bicyclic) bond motifs is 1. The van der Waals surface area contributed by atoms with E-state index in [1.54, 1.807) is 12.4 Å². The Morgan fingerprint density at radius 2 is 1.84 bits per heavy atom. The van der Waals surface area contributed by atoms with Gasteiger partial charge in [0.05, 0.1) is 23.4 Å². The minimum atomic E-state index is -0.0139. The molecule has 4 heteroatoms. The molecule has 3 aromatic rings. The Labute approximate surface area is 111 Å². The summed E-state index contributed by atoms with van der Waals surface area (Å²) in [5, 5.41) is 0. The van der Waals surface area contributed by atoms with Crippen molar-refractivity contribution in [2.24, 2.45) is 5.73 Å². The monoisotopic (exact) mass is 252 g/mol. The molecule has 1 aromatic carbocycles. The van der Waals surface area contributed by atoms with Crippen LogP contribution in [0.5, 0.6) is 0 Å². The zero-order chi connectivity index (χ0) is 13.2. The van der Waals surface area contributed by atoms with Gasteiger partial charge in [0.15, 0.2) is 0 Å². The van der Waals surface area contributed by atoms with E-state index in [0.717, 1.165) is 16.6 Å². The SMILES string of the molecule is CC(N)C(c1ccncc1)n1cnc2ccccc21. The number of aromatic nitrogens is 3. The summed E-state index contributed by atoms with van der Waals surface area (Å²) in [5.41, 5.74) is 9.42. The Balaban J connectivity index is 2.16. The lowest BCUT2D eigenvalue weighted by molar-refractivity contribution is 0.506. The van der Waals surface area contributed by atoms with Crippen LogP contribution in [0.4, 0.5) is 0 Å². The number of nitrogens with two attached hydrogens (primary N) is 1. The quantitative estimate of drug-likeness (QED) is 0.778. The van der Waals surface area contributed by atoms with Crippen molar-refractivity contribution in [1.29, 1.82) is 0 Å². The van der Waals surface area contributed by atoms with Crippen LogP contribution in [0.2, 0.25) is 0 Å². The minimum Gasteiger partial charge on any atom is -0.326 e. The van der Waals surface area contributed by atoms with E-state index in [4.69, 9.17) is 5.73 Å². The van der Waals surface area contributed by atoms with Crippen LogP contribution in [0.3, 0.4) is 0 Å². The predicted molar refractivity (Wildman–Crippen MR) is 75.8 cm³/mol. The van der Waals surface area contributed by atoms with Crippen molar-refractivity contribution in [3.63, 3.8) is 0 Å². The molecule has 2 unspecified atom stereocenters. The van der Waals surface area contributed by atoms with Crippen LogP contribution < -0.4 is 5.73 Å². The highest BCUT2D eigenvalue weighted by atomic mass is 15.1. The fourth-order valence-electron chi connectivity index (χ4n) is 2.48. The van der Waals surface area contributed by atoms with Crippen molar-refractivity contribution in [2.45, 2.75) is 19.0 Å². The topological polar surface area (TPSA) is 56.7 Å². The molecule has 2 N–H and O–H groups in total. The van der Waals surface area contributed by atoms with Gasteiger partial charge >= 0.3 is 0 Å². The lowest BCUT2D eigenvalue weighted by atomic mass is 10.0. The van der Waals surface area contributed by atoms with Gasteiger partial charge in [-0.2, -0.15) is 0 Å². The van der Waals surface area contributed by atoms with Crippen molar-refractivity contribution < 1.29 is 0 Å². The largest absolute Gasteiger partial charge is 0.326 e.